The van der Waals surface area contributed by atoms with Crippen LogP contribution in [0.1, 0.15) is 17.4 Å². The molecule has 9 nitrogen and oxygen atoms in total. The quantitative estimate of drug-likeness (QED) is 0.691. The summed E-state index contributed by atoms with van der Waals surface area (Å²) in [6.45, 7) is 5.74. The lowest BCUT2D eigenvalue weighted by atomic mass is 10.2. The Morgan fingerprint density at radius 3 is 2.64 bits per heavy atom. The van der Waals surface area contributed by atoms with Crippen LogP contribution in [0.5, 0.6) is 0 Å². The summed E-state index contributed by atoms with van der Waals surface area (Å²) in [4.78, 5) is 34.9. The van der Waals surface area contributed by atoms with E-state index in [-0.39, 0.29) is 11.9 Å². The number of nitrogens with two attached hydrogens (primary N) is 1. The maximum Gasteiger partial charge on any atom is 0.220 e. The molecule has 1 amide bonds. The van der Waals surface area contributed by atoms with Crippen molar-refractivity contribution >= 4 is 39.2 Å². The summed E-state index contributed by atoms with van der Waals surface area (Å²) in [5, 5.41) is 0. The van der Waals surface area contributed by atoms with Crippen LogP contribution in [-0.4, -0.2) is 57.0 Å². The van der Waals surface area contributed by atoms with Crippen molar-refractivity contribution in [3.05, 3.63) is 22.8 Å². The second-order valence-corrected chi connectivity index (χ2v) is 7.96. The first kappa shape index (κ1) is 17.3. The third kappa shape index (κ3) is 2.85. The number of carbonyl (C=O) groups excluding carboxylic acids is 1. The Bertz CT molecular complexity index is 1060. The Labute approximate surface area is 165 Å². The van der Waals surface area contributed by atoms with Gasteiger partial charge in [-0.15, -0.1) is 11.3 Å². The second-order valence-electron chi connectivity index (χ2n) is 6.86. The highest BCUT2D eigenvalue weighted by molar-refractivity contribution is 7.19. The summed E-state index contributed by atoms with van der Waals surface area (Å²) >= 11 is 1.68. The van der Waals surface area contributed by atoms with Gasteiger partial charge in [-0.05, 0) is 0 Å². The van der Waals surface area contributed by atoms with E-state index in [4.69, 9.17) is 20.4 Å². The van der Waals surface area contributed by atoms with Crippen molar-refractivity contribution < 1.29 is 9.53 Å². The van der Waals surface area contributed by atoms with Crippen molar-refractivity contribution in [3.63, 3.8) is 0 Å². The molecule has 3 aromatic heterocycles. The summed E-state index contributed by atoms with van der Waals surface area (Å²) in [7, 11) is 0. The number of hydrogen-bond donors (Lipinski definition) is 1. The van der Waals surface area contributed by atoms with Crippen LogP contribution in [0, 0.1) is 0 Å². The molecule has 1 fully saturated rings. The highest BCUT2D eigenvalue weighted by Crippen LogP contribution is 2.41. The molecule has 5 heterocycles. The minimum absolute atomic E-state index is 0.0752. The minimum atomic E-state index is 0.0752. The summed E-state index contributed by atoms with van der Waals surface area (Å²) in [5.41, 5.74) is 8.36. The number of fused-ring (bicyclic) bond motifs is 3. The molecule has 0 radical (unpaired) electrons. The number of anilines is 2. The van der Waals surface area contributed by atoms with Gasteiger partial charge in [0.15, 0.2) is 11.6 Å². The maximum atomic E-state index is 11.8. The van der Waals surface area contributed by atoms with Gasteiger partial charge in [0.25, 0.3) is 0 Å². The van der Waals surface area contributed by atoms with Gasteiger partial charge in [0.05, 0.1) is 35.5 Å². The van der Waals surface area contributed by atoms with Gasteiger partial charge in [-0.2, -0.15) is 0 Å². The van der Waals surface area contributed by atoms with Gasteiger partial charge in [-0.3, -0.25) is 4.79 Å². The zero-order valence-corrected chi connectivity index (χ0v) is 16.2. The molecule has 2 N–H and O–H groups in total. The lowest BCUT2D eigenvalue weighted by Gasteiger charge is -2.28. The van der Waals surface area contributed by atoms with Gasteiger partial charge in [0.2, 0.25) is 11.9 Å². The number of carbonyl (C=O) groups is 1. The van der Waals surface area contributed by atoms with E-state index >= 15 is 0 Å². The number of hydrogen-bond acceptors (Lipinski definition) is 9. The zero-order valence-electron chi connectivity index (χ0n) is 15.4. The van der Waals surface area contributed by atoms with Crippen LogP contribution in [0.3, 0.4) is 0 Å². The summed E-state index contributed by atoms with van der Waals surface area (Å²) in [6, 6.07) is 0. The summed E-state index contributed by atoms with van der Waals surface area (Å²) < 4.78 is 6.57. The molecule has 0 unspecified atom stereocenters. The SMILES string of the molecule is CC(=O)N1Cc2sc3c(N4CCOCC4)nc(-c4cnc(N)nc4)nc3c2C1. The largest absolute Gasteiger partial charge is 0.378 e. The molecule has 3 aromatic rings. The van der Waals surface area contributed by atoms with Crippen molar-refractivity contribution in [3.8, 4) is 11.4 Å². The Balaban J connectivity index is 1.67. The molecule has 0 bridgehead atoms. The van der Waals surface area contributed by atoms with Crippen molar-refractivity contribution in [2.45, 2.75) is 20.0 Å². The molecular weight excluding hydrogens is 378 g/mol. The predicted molar refractivity (Wildman–Crippen MR) is 106 cm³/mol. The Morgan fingerprint density at radius 2 is 1.93 bits per heavy atom. The van der Waals surface area contributed by atoms with Crippen LogP contribution in [0.4, 0.5) is 11.8 Å². The van der Waals surface area contributed by atoms with Gasteiger partial charge < -0.3 is 20.3 Å². The number of nitrogens with zero attached hydrogens (tertiary/aromatic N) is 6. The van der Waals surface area contributed by atoms with Gasteiger partial charge in [-0.25, -0.2) is 19.9 Å². The van der Waals surface area contributed by atoms with E-state index in [0.717, 1.165) is 34.7 Å². The number of amides is 1. The zero-order chi connectivity index (χ0) is 19.3. The van der Waals surface area contributed by atoms with Gasteiger partial charge in [0.1, 0.15) is 0 Å². The van der Waals surface area contributed by atoms with Crippen molar-refractivity contribution in [1.29, 1.82) is 0 Å². The monoisotopic (exact) mass is 397 g/mol. The fourth-order valence-electron chi connectivity index (χ4n) is 3.56. The highest BCUT2D eigenvalue weighted by Gasteiger charge is 2.29. The van der Waals surface area contributed by atoms with Crippen molar-refractivity contribution in [2.75, 3.05) is 36.9 Å². The molecule has 10 heteroatoms. The van der Waals surface area contributed by atoms with E-state index in [2.05, 4.69) is 14.9 Å². The van der Waals surface area contributed by atoms with E-state index in [0.29, 0.717) is 37.7 Å². The molecule has 28 heavy (non-hydrogen) atoms. The van der Waals surface area contributed by atoms with E-state index < -0.39 is 0 Å². The molecule has 0 aromatic carbocycles. The van der Waals surface area contributed by atoms with Crippen molar-refractivity contribution in [1.82, 2.24) is 24.8 Å². The molecular formula is C18H19N7O2S. The average molecular weight is 397 g/mol. The Morgan fingerprint density at radius 1 is 1.18 bits per heavy atom. The van der Waals surface area contributed by atoms with Gasteiger partial charge >= 0.3 is 0 Å². The third-order valence-electron chi connectivity index (χ3n) is 5.06. The first-order valence-electron chi connectivity index (χ1n) is 9.08. The number of ether oxygens (including phenoxy) is 1. The van der Waals surface area contributed by atoms with Gasteiger partial charge in [0, 0.05) is 49.4 Å². The molecule has 144 valence electrons. The Kier molecular flexibility index (Phi) is 4.09. The van der Waals surface area contributed by atoms with Crippen molar-refractivity contribution in [2.24, 2.45) is 0 Å². The fourth-order valence-corrected chi connectivity index (χ4v) is 4.84. The van der Waals surface area contributed by atoms with Crippen LogP contribution in [0.2, 0.25) is 0 Å². The van der Waals surface area contributed by atoms with E-state index in [1.807, 2.05) is 4.90 Å². The normalized spacial score (nSPS) is 16.6. The van der Waals surface area contributed by atoms with Crippen LogP contribution in [0.15, 0.2) is 12.4 Å². The topological polar surface area (TPSA) is 110 Å². The molecule has 2 aliphatic heterocycles. The lowest BCUT2D eigenvalue weighted by molar-refractivity contribution is -0.129. The number of aromatic nitrogens is 4. The lowest BCUT2D eigenvalue weighted by Crippen LogP contribution is -2.37. The molecule has 5 rings (SSSR count). The summed E-state index contributed by atoms with van der Waals surface area (Å²) in [6.07, 6.45) is 3.28. The maximum absolute atomic E-state index is 11.8. The summed E-state index contributed by atoms with van der Waals surface area (Å²) in [5.74, 6) is 1.77. The van der Waals surface area contributed by atoms with Crippen LogP contribution in [0.25, 0.3) is 21.6 Å². The molecule has 0 aliphatic carbocycles. The molecule has 0 saturated carbocycles. The highest BCUT2D eigenvalue weighted by atomic mass is 32.1. The first-order chi connectivity index (χ1) is 13.6. The number of rotatable bonds is 2. The van der Waals surface area contributed by atoms with Gasteiger partial charge in [-0.1, -0.05) is 0 Å². The minimum Gasteiger partial charge on any atom is -0.378 e. The molecule has 1 saturated heterocycles. The Hall–Kier alpha value is -2.85. The second kappa shape index (κ2) is 6.64. The van der Waals surface area contributed by atoms with Crippen LogP contribution >= 0.6 is 11.3 Å². The van der Waals surface area contributed by atoms with E-state index in [1.165, 1.54) is 4.88 Å². The number of morpholine rings is 1. The smallest absolute Gasteiger partial charge is 0.220 e. The fraction of sp³-hybridized carbons (Fsp3) is 0.389. The third-order valence-corrected chi connectivity index (χ3v) is 6.27. The molecule has 0 atom stereocenters. The molecule has 0 spiro atoms. The standard InChI is InChI=1S/C18H19N7O2S/c1-10(26)25-8-12-13(9-25)28-15-14(12)22-16(11-6-20-18(19)21-7-11)23-17(15)24-2-4-27-5-3-24/h6-7H,2-5,8-9H2,1H3,(H2,19,20,21). The number of thiophene rings is 1. The predicted octanol–water partition coefficient (Wildman–Crippen LogP) is 1.43. The molecule has 2 aliphatic rings. The van der Waals surface area contributed by atoms with Crippen LogP contribution in [-0.2, 0) is 22.6 Å². The average Bonchev–Trinajstić information content (AvgIpc) is 3.27. The van der Waals surface area contributed by atoms with E-state index in [9.17, 15) is 4.79 Å². The van der Waals surface area contributed by atoms with E-state index in [1.54, 1.807) is 30.7 Å². The number of nitrogen functional groups attached to an aromatic ring is 1. The first-order valence-corrected chi connectivity index (χ1v) is 9.90. The van der Waals surface area contributed by atoms with Crippen LogP contribution < -0.4 is 10.6 Å².